The SMILES string of the molecule is C[C@@H](OCc1cccc(-c2cc(NC(=O)[C@H]3CNC(=O)N3)nn2-c2ccc(Cl)cc2)c1)C(F)(F)F. The normalized spacial score (nSPS) is 16.5. The smallest absolute Gasteiger partial charge is 0.364 e. The van der Waals surface area contributed by atoms with Gasteiger partial charge in [0.25, 0.3) is 0 Å². The predicted molar refractivity (Wildman–Crippen MR) is 123 cm³/mol. The Morgan fingerprint density at radius 2 is 2.00 bits per heavy atom. The van der Waals surface area contributed by atoms with Crippen LogP contribution in [0, 0.1) is 0 Å². The van der Waals surface area contributed by atoms with Crippen LogP contribution in [0.25, 0.3) is 16.9 Å². The van der Waals surface area contributed by atoms with Crippen molar-refractivity contribution in [3.8, 4) is 16.9 Å². The van der Waals surface area contributed by atoms with E-state index in [1.54, 1.807) is 59.3 Å². The lowest BCUT2D eigenvalue weighted by atomic mass is 10.1. The fraction of sp³-hybridized carbons (Fsp3) is 0.261. The summed E-state index contributed by atoms with van der Waals surface area (Å²) in [6.45, 7) is 0.867. The summed E-state index contributed by atoms with van der Waals surface area (Å²) in [5, 5.41) is 12.7. The molecule has 1 aliphatic rings. The van der Waals surface area contributed by atoms with Gasteiger partial charge >= 0.3 is 12.2 Å². The van der Waals surface area contributed by atoms with Gasteiger partial charge in [-0.1, -0.05) is 29.8 Å². The summed E-state index contributed by atoms with van der Waals surface area (Å²) in [6.07, 6.45) is -6.36. The van der Waals surface area contributed by atoms with E-state index in [1.165, 1.54) is 0 Å². The van der Waals surface area contributed by atoms with E-state index in [9.17, 15) is 22.8 Å². The maximum atomic E-state index is 12.8. The molecule has 2 heterocycles. The second-order valence-corrected chi connectivity index (χ2v) is 8.33. The number of hydrogen-bond donors (Lipinski definition) is 3. The summed E-state index contributed by atoms with van der Waals surface area (Å²) in [4.78, 5) is 23.9. The minimum absolute atomic E-state index is 0.147. The van der Waals surface area contributed by atoms with E-state index in [-0.39, 0.29) is 19.0 Å². The number of urea groups is 1. The Kier molecular flexibility index (Phi) is 6.99. The predicted octanol–water partition coefficient (Wildman–Crippen LogP) is 4.28. The molecular weight excluding hydrogens is 487 g/mol. The van der Waals surface area contributed by atoms with Crippen molar-refractivity contribution >= 4 is 29.4 Å². The monoisotopic (exact) mass is 507 g/mol. The number of anilines is 1. The van der Waals surface area contributed by atoms with E-state index < -0.39 is 30.3 Å². The van der Waals surface area contributed by atoms with Gasteiger partial charge in [-0.2, -0.15) is 13.2 Å². The summed E-state index contributed by atoms with van der Waals surface area (Å²) in [6, 6.07) is 14.1. The van der Waals surface area contributed by atoms with Crippen molar-refractivity contribution in [2.45, 2.75) is 31.9 Å². The van der Waals surface area contributed by atoms with Crippen molar-refractivity contribution < 1.29 is 27.5 Å². The van der Waals surface area contributed by atoms with Crippen LogP contribution in [0.2, 0.25) is 5.02 Å². The van der Waals surface area contributed by atoms with Gasteiger partial charge in [-0.3, -0.25) is 4.79 Å². The Morgan fingerprint density at radius 3 is 2.66 bits per heavy atom. The molecule has 3 amide bonds. The summed E-state index contributed by atoms with van der Waals surface area (Å²) in [7, 11) is 0. The topological polar surface area (TPSA) is 97.3 Å². The van der Waals surface area contributed by atoms with Crippen molar-refractivity contribution in [2.75, 3.05) is 11.9 Å². The molecule has 2 atom stereocenters. The molecule has 1 aromatic heterocycles. The van der Waals surface area contributed by atoms with Crippen molar-refractivity contribution in [3.05, 3.63) is 65.2 Å². The number of benzene rings is 2. The maximum absolute atomic E-state index is 12.8. The van der Waals surface area contributed by atoms with Crippen LogP contribution in [0.4, 0.5) is 23.8 Å². The van der Waals surface area contributed by atoms with Crippen LogP contribution in [0.3, 0.4) is 0 Å². The molecule has 0 aliphatic carbocycles. The average Bonchev–Trinajstić information content (AvgIpc) is 3.44. The van der Waals surface area contributed by atoms with Crippen molar-refractivity contribution in [1.82, 2.24) is 20.4 Å². The first-order chi connectivity index (χ1) is 16.6. The zero-order valence-electron chi connectivity index (χ0n) is 18.4. The molecule has 1 fully saturated rings. The second-order valence-electron chi connectivity index (χ2n) is 7.89. The molecule has 0 spiro atoms. The van der Waals surface area contributed by atoms with Gasteiger partial charge in [0, 0.05) is 23.2 Å². The first-order valence-corrected chi connectivity index (χ1v) is 11.0. The zero-order chi connectivity index (χ0) is 25.2. The van der Waals surface area contributed by atoms with E-state index in [2.05, 4.69) is 21.0 Å². The molecule has 0 bridgehead atoms. The fourth-order valence-electron chi connectivity index (χ4n) is 3.39. The van der Waals surface area contributed by atoms with E-state index in [0.717, 1.165) is 6.92 Å². The first kappa shape index (κ1) is 24.6. The molecule has 2 aromatic carbocycles. The van der Waals surface area contributed by atoms with Crippen LogP contribution in [0.5, 0.6) is 0 Å². The number of halogens is 4. The standard InChI is InChI=1S/C23H21ClF3N5O3/c1-13(23(25,26)27)35-12-14-3-2-4-15(9-14)19-10-20(30-21(33)18-11-28-22(34)29-18)31-32(19)17-7-5-16(24)6-8-17/h2-10,13,18H,11-12H2,1H3,(H2,28,29,34)(H,30,31,33)/t13-,18-/m1/s1. The molecule has 8 nitrogen and oxygen atoms in total. The molecule has 3 N–H and O–H groups in total. The van der Waals surface area contributed by atoms with Gasteiger partial charge in [0.1, 0.15) is 6.04 Å². The van der Waals surface area contributed by atoms with Crippen molar-refractivity contribution in [3.63, 3.8) is 0 Å². The third kappa shape index (κ3) is 5.92. The molecule has 12 heteroatoms. The number of carbonyl (C=O) groups excluding carboxylic acids is 2. The minimum Gasteiger partial charge on any atom is -0.364 e. The Hall–Kier alpha value is -3.57. The molecule has 184 valence electrons. The lowest BCUT2D eigenvalue weighted by Gasteiger charge is -2.16. The highest BCUT2D eigenvalue weighted by atomic mass is 35.5. The molecule has 1 aliphatic heterocycles. The summed E-state index contributed by atoms with van der Waals surface area (Å²) >= 11 is 6.01. The molecule has 0 radical (unpaired) electrons. The van der Waals surface area contributed by atoms with Crippen LogP contribution in [-0.2, 0) is 16.1 Å². The van der Waals surface area contributed by atoms with Crippen molar-refractivity contribution in [1.29, 1.82) is 0 Å². The van der Waals surface area contributed by atoms with Crippen molar-refractivity contribution in [2.24, 2.45) is 0 Å². The molecule has 4 rings (SSSR count). The molecule has 35 heavy (non-hydrogen) atoms. The Balaban J connectivity index is 1.63. The van der Waals surface area contributed by atoms with E-state index in [0.29, 0.717) is 27.5 Å². The van der Waals surface area contributed by atoms with Crippen LogP contribution < -0.4 is 16.0 Å². The molecule has 3 aromatic rings. The van der Waals surface area contributed by atoms with E-state index in [1.807, 2.05) is 0 Å². The number of aromatic nitrogens is 2. The largest absolute Gasteiger partial charge is 0.414 e. The number of ether oxygens (including phenoxy) is 1. The van der Waals surface area contributed by atoms with Crippen LogP contribution in [-0.4, -0.2) is 46.6 Å². The Morgan fingerprint density at radius 1 is 1.26 bits per heavy atom. The third-order valence-electron chi connectivity index (χ3n) is 5.30. The number of nitrogens with zero attached hydrogens (tertiary/aromatic N) is 2. The summed E-state index contributed by atoms with van der Waals surface area (Å²) < 4.78 is 44.9. The van der Waals surface area contributed by atoms with Crippen LogP contribution in [0.15, 0.2) is 54.6 Å². The first-order valence-electron chi connectivity index (χ1n) is 10.6. The number of alkyl halides is 3. The summed E-state index contributed by atoms with van der Waals surface area (Å²) in [5.41, 5.74) is 2.40. The summed E-state index contributed by atoms with van der Waals surface area (Å²) in [5.74, 6) is -0.215. The number of hydrogen-bond acceptors (Lipinski definition) is 4. The van der Waals surface area contributed by atoms with Crippen LogP contribution >= 0.6 is 11.6 Å². The number of rotatable bonds is 7. The zero-order valence-corrected chi connectivity index (χ0v) is 19.2. The minimum atomic E-state index is -4.45. The van der Waals surface area contributed by atoms with Gasteiger partial charge in [-0.15, -0.1) is 5.10 Å². The molecule has 0 saturated carbocycles. The highest BCUT2D eigenvalue weighted by Gasteiger charge is 2.36. The Labute approximate surface area is 203 Å². The quantitative estimate of drug-likeness (QED) is 0.444. The average molecular weight is 508 g/mol. The number of amides is 3. The van der Waals surface area contributed by atoms with Gasteiger partial charge in [0.05, 0.1) is 18.0 Å². The fourth-order valence-corrected chi connectivity index (χ4v) is 3.52. The molecular formula is C23H21ClF3N5O3. The second kappa shape index (κ2) is 9.96. The van der Waals surface area contributed by atoms with Gasteiger partial charge in [0.15, 0.2) is 11.9 Å². The highest BCUT2D eigenvalue weighted by molar-refractivity contribution is 6.30. The van der Waals surface area contributed by atoms with Gasteiger partial charge in [0.2, 0.25) is 5.91 Å². The lowest BCUT2D eigenvalue weighted by Crippen LogP contribution is -2.38. The highest BCUT2D eigenvalue weighted by Crippen LogP contribution is 2.29. The number of nitrogens with one attached hydrogen (secondary N) is 3. The number of carbonyl (C=O) groups is 2. The molecule has 1 saturated heterocycles. The van der Waals surface area contributed by atoms with Gasteiger partial charge in [-0.05, 0) is 42.8 Å². The van der Waals surface area contributed by atoms with E-state index >= 15 is 0 Å². The van der Waals surface area contributed by atoms with Crippen LogP contribution in [0.1, 0.15) is 12.5 Å². The molecule has 0 unspecified atom stereocenters. The third-order valence-corrected chi connectivity index (χ3v) is 5.56. The lowest BCUT2D eigenvalue weighted by molar-refractivity contribution is -0.217. The van der Waals surface area contributed by atoms with Gasteiger partial charge < -0.3 is 20.7 Å². The van der Waals surface area contributed by atoms with E-state index in [4.69, 9.17) is 16.3 Å². The van der Waals surface area contributed by atoms with Gasteiger partial charge in [-0.25, -0.2) is 9.48 Å². The Bertz CT molecular complexity index is 1230. The maximum Gasteiger partial charge on any atom is 0.414 e.